The summed E-state index contributed by atoms with van der Waals surface area (Å²) in [5, 5.41) is 0. The molecular formula is C17H20N4O2. The van der Waals surface area contributed by atoms with Gasteiger partial charge in [-0.05, 0) is 30.5 Å². The van der Waals surface area contributed by atoms with Gasteiger partial charge in [-0.3, -0.25) is 4.98 Å². The van der Waals surface area contributed by atoms with E-state index >= 15 is 0 Å². The number of hydrogen-bond donors (Lipinski definition) is 0. The zero-order valence-corrected chi connectivity index (χ0v) is 13.0. The van der Waals surface area contributed by atoms with E-state index in [9.17, 15) is 0 Å². The first kappa shape index (κ1) is 14.5. The first-order chi connectivity index (χ1) is 11.4. The van der Waals surface area contributed by atoms with Gasteiger partial charge in [-0.1, -0.05) is 0 Å². The summed E-state index contributed by atoms with van der Waals surface area (Å²) in [6, 6.07) is 3.98. The van der Waals surface area contributed by atoms with E-state index < -0.39 is 0 Å². The molecule has 0 saturated carbocycles. The van der Waals surface area contributed by atoms with Crippen molar-refractivity contribution in [2.24, 2.45) is 0 Å². The molecule has 23 heavy (non-hydrogen) atoms. The molecule has 2 saturated heterocycles. The summed E-state index contributed by atoms with van der Waals surface area (Å²) in [6.45, 7) is 3.92. The molecule has 1 atom stereocenters. The fourth-order valence-electron chi connectivity index (χ4n) is 3.09. The van der Waals surface area contributed by atoms with Crippen molar-refractivity contribution in [2.75, 3.05) is 37.8 Å². The fraction of sp³-hybridized carbons (Fsp3) is 0.471. The van der Waals surface area contributed by atoms with E-state index in [1.54, 1.807) is 12.4 Å². The maximum Gasteiger partial charge on any atom is 0.225 e. The van der Waals surface area contributed by atoms with Crippen molar-refractivity contribution in [3.63, 3.8) is 0 Å². The molecule has 0 aliphatic carbocycles. The van der Waals surface area contributed by atoms with Gasteiger partial charge in [0.25, 0.3) is 0 Å². The van der Waals surface area contributed by atoms with E-state index in [-0.39, 0.29) is 6.10 Å². The summed E-state index contributed by atoms with van der Waals surface area (Å²) in [7, 11) is 0. The Morgan fingerprint density at radius 3 is 2.65 bits per heavy atom. The predicted molar refractivity (Wildman–Crippen MR) is 86.2 cm³/mol. The van der Waals surface area contributed by atoms with Crippen molar-refractivity contribution in [1.82, 2.24) is 15.0 Å². The van der Waals surface area contributed by atoms with Gasteiger partial charge in [0.05, 0.1) is 18.9 Å². The van der Waals surface area contributed by atoms with Gasteiger partial charge in [-0.25, -0.2) is 9.97 Å². The second-order valence-electron chi connectivity index (χ2n) is 5.81. The standard InChI is InChI=1S/C17H20N4O2/c1-2-15(23-9-1)16-14(13-3-5-18-6-4-13)12-19-17(20-16)21-7-10-22-11-8-21/h3-6,12,15H,1-2,7-11H2/t15-/m0/s1. The molecule has 4 heterocycles. The van der Waals surface area contributed by atoms with E-state index in [1.165, 1.54) is 0 Å². The highest BCUT2D eigenvalue weighted by Crippen LogP contribution is 2.34. The Morgan fingerprint density at radius 1 is 1.09 bits per heavy atom. The Bertz CT molecular complexity index is 653. The first-order valence-corrected chi connectivity index (χ1v) is 8.13. The van der Waals surface area contributed by atoms with Crippen LogP contribution in [0.1, 0.15) is 24.6 Å². The van der Waals surface area contributed by atoms with Gasteiger partial charge in [0.1, 0.15) is 6.10 Å². The summed E-state index contributed by atoms with van der Waals surface area (Å²) in [5.74, 6) is 0.775. The Balaban J connectivity index is 1.73. The van der Waals surface area contributed by atoms with E-state index in [0.29, 0.717) is 0 Å². The maximum absolute atomic E-state index is 5.89. The van der Waals surface area contributed by atoms with Crippen LogP contribution < -0.4 is 4.90 Å². The summed E-state index contributed by atoms with van der Waals surface area (Å²) < 4.78 is 11.3. The van der Waals surface area contributed by atoms with Gasteiger partial charge >= 0.3 is 0 Å². The molecule has 2 aromatic heterocycles. The molecule has 0 radical (unpaired) electrons. The number of ether oxygens (including phenoxy) is 2. The SMILES string of the molecule is c1cc(-c2cnc(N3CCOCC3)nc2[C@@H]2CCCO2)ccn1. The molecule has 0 unspecified atom stereocenters. The largest absolute Gasteiger partial charge is 0.378 e. The lowest BCUT2D eigenvalue weighted by molar-refractivity contribution is 0.108. The van der Waals surface area contributed by atoms with E-state index in [0.717, 1.165) is 68.5 Å². The number of aromatic nitrogens is 3. The molecule has 2 fully saturated rings. The molecule has 0 amide bonds. The zero-order valence-electron chi connectivity index (χ0n) is 13.0. The van der Waals surface area contributed by atoms with Crippen molar-refractivity contribution in [3.05, 3.63) is 36.4 Å². The van der Waals surface area contributed by atoms with Crippen molar-refractivity contribution in [2.45, 2.75) is 18.9 Å². The quantitative estimate of drug-likeness (QED) is 0.866. The highest BCUT2D eigenvalue weighted by atomic mass is 16.5. The lowest BCUT2D eigenvalue weighted by Crippen LogP contribution is -2.37. The summed E-state index contributed by atoms with van der Waals surface area (Å²) >= 11 is 0. The van der Waals surface area contributed by atoms with Gasteiger partial charge in [0, 0.05) is 43.9 Å². The van der Waals surface area contributed by atoms with E-state index in [4.69, 9.17) is 14.5 Å². The summed E-state index contributed by atoms with van der Waals surface area (Å²) in [6.07, 6.45) is 7.66. The van der Waals surface area contributed by atoms with E-state index in [1.807, 2.05) is 18.3 Å². The maximum atomic E-state index is 5.89. The third-order valence-corrected chi connectivity index (χ3v) is 4.33. The van der Waals surface area contributed by atoms with Gasteiger partial charge in [0.2, 0.25) is 5.95 Å². The molecule has 2 aliphatic heterocycles. The van der Waals surface area contributed by atoms with Gasteiger partial charge in [-0.15, -0.1) is 0 Å². The minimum absolute atomic E-state index is 0.0564. The molecule has 4 rings (SSSR count). The molecule has 6 heteroatoms. The molecule has 0 N–H and O–H groups in total. The van der Waals surface area contributed by atoms with Crippen molar-refractivity contribution < 1.29 is 9.47 Å². The predicted octanol–water partition coefficient (Wildman–Crippen LogP) is 2.23. The second-order valence-corrected chi connectivity index (χ2v) is 5.81. The second kappa shape index (κ2) is 6.60. The molecule has 0 aromatic carbocycles. The van der Waals surface area contributed by atoms with Crippen molar-refractivity contribution in [3.8, 4) is 11.1 Å². The number of nitrogens with zero attached hydrogens (tertiary/aromatic N) is 4. The van der Waals surface area contributed by atoms with Crippen LogP contribution in [0.3, 0.4) is 0 Å². The lowest BCUT2D eigenvalue weighted by atomic mass is 10.0. The van der Waals surface area contributed by atoms with Gasteiger partial charge < -0.3 is 14.4 Å². The van der Waals surface area contributed by atoms with Gasteiger partial charge in [-0.2, -0.15) is 0 Å². The highest BCUT2D eigenvalue weighted by molar-refractivity contribution is 5.65. The van der Waals surface area contributed by atoms with Crippen LogP contribution in [-0.2, 0) is 9.47 Å². The van der Waals surface area contributed by atoms with E-state index in [2.05, 4.69) is 14.9 Å². The van der Waals surface area contributed by atoms with Crippen LogP contribution in [0.15, 0.2) is 30.7 Å². The number of hydrogen-bond acceptors (Lipinski definition) is 6. The molecule has 0 spiro atoms. The number of pyridine rings is 1. The monoisotopic (exact) mass is 312 g/mol. The van der Waals surface area contributed by atoms with Crippen LogP contribution >= 0.6 is 0 Å². The zero-order chi connectivity index (χ0) is 15.5. The average Bonchev–Trinajstić information content (AvgIpc) is 3.17. The summed E-state index contributed by atoms with van der Waals surface area (Å²) in [4.78, 5) is 15.7. The Hall–Kier alpha value is -2.05. The Morgan fingerprint density at radius 2 is 1.91 bits per heavy atom. The number of rotatable bonds is 3. The van der Waals surface area contributed by atoms with Crippen LogP contribution in [0.2, 0.25) is 0 Å². The van der Waals surface area contributed by atoms with Crippen molar-refractivity contribution in [1.29, 1.82) is 0 Å². The minimum atomic E-state index is 0.0564. The number of morpholine rings is 1. The Labute approximate surface area is 135 Å². The topological polar surface area (TPSA) is 60.4 Å². The van der Waals surface area contributed by atoms with Crippen LogP contribution in [-0.4, -0.2) is 47.9 Å². The van der Waals surface area contributed by atoms with Crippen molar-refractivity contribution >= 4 is 5.95 Å². The van der Waals surface area contributed by atoms with Crippen LogP contribution in [0.4, 0.5) is 5.95 Å². The molecule has 6 nitrogen and oxygen atoms in total. The highest BCUT2D eigenvalue weighted by Gasteiger charge is 2.25. The van der Waals surface area contributed by atoms with Crippen LogP contribution in [0.25, 0.3) is 11.1 Å². The molecule has 2 aromatic rings. The van der Waals surface area contributed by atoms with Gasteiger partial charge in [0.15, 0.2) is 0 Å². The normalized spacial score (nSPS) is 21.6. The molecule has 120 valence electrons. The molecule has 0 bridgehead atoms. The lowest BCUT2D eigenvalue weighted by Gasteiger charge is -2.27. The van der Waals surface area contributed by atoms with Crippen LogP contribution in [0.5, 0.6) is 0 Å². The molecule has 2 aliphatic rings. The number of anilines is 1. The smallest absolute Gasteiger partial charge is 0.225 e. The Kier molecular flexibility index (Phi) is 4.17. The first-order valence-electron chi connectivity index (χ1n) is 8.13. The summed E-state index contributed by atoms with van der Waals surface area (Å²) in [5.41, 5.74) is 3.11. The fourth-order valence-corrected chi connectivity index (χ4v) is 3.09. The third-order valence-electron chi connectivity index (χ3n) is 4.33. The third kappa shape index (κ3) is 3.04. The average molecular weight is 312 g/mol. The minimum Gasteiger partial charge on any atom is -0.378 e. The van der Waals surface area contributed by atoms with Crippen LogP contribution in [0, 0.1) is 0 Å². The molecular weight excluding hydrogens is 292 g/mol.